The maximum Gasteiger partial charge on any atom is 0.263 e. The molecule has 0 aliphatic heterocycles. The van der Waals surface area contributed by atoms with Crippen molar-refractivity contribution in [3.05, 3.63) is 65.5 Å². The molecule has 0 bridgehead atoms. The van der Waals surface area contributed by atoms with Crippen LogP contribution in [0.2, 0.25) is 0 Å². The molecule has 1 aromatic heterocycles. The second-order valence-electron chi connectivity index (χ2n) is 8.64. The van der Waals surface area contributed by atoms with Crippen molar-refractivity contribution in [2.45, 2.75) is 52.4 Å². The van der Waals surface area contributed by atoms with Crippen LogP contribution in [-0.2, 0) is 10.8 Å². The Hall–Kier alpha value is -2.42. The number of imidazole rings is 1. The Morgan fingerprint density at radius 3 is 2.00 bits per heavy atom. The second kappa shape index (κ2) is 5.83. The maximum absolute atomic E-state index is 13.3. The van der Waals surface area contributed by atoms with Crippen molar-refractivity contribution in [3.63, 3.8) is 0 Å². The summed E-state index contributed by atoms with van der Waals surface area (Å²) >= 11 is 0. The third kappa shape index (κ3) is 3.23. The minimum atomic E-state index is -0.222. The Balaban J connectivity index is 2.14. The number of hydrogen-bond donors (Lipinski definition) is 0. The lowest BCUT2D eigenvalue weighted by Crippen LogP contribution is -2.24. The van der Waals surface area contributed by atoms with Gasteiger partial charge in [-0.05, 0) is 35.2 Å². The van der Waals surface area contributed by atoms with Crippen LogP contribution in [0.25, 0.3) is 11.0 Å². The first-order valence-electron chi connectivity index (χ1n) is 8.72. The van der Waals surface area contributed by atoms with Gasteiger partial charge in [-0.15, -0.1) is 0 Å². The number of rotatable bonds is 1. The molecule has 1 heterocycles. The molecule has 0 amide bonds. The fourth-order valence-corrected chi connectivity index (χ4v) is 2.98. The lowest BCUT2D eigenvalue weighted by molar-refractivity contribution is 0.0957. The van der Waals surface area contributed by atoms with Crippen molar-refractivity contribution < 1.29 is 4.79 Å². The zero-order valence-corrected chi connectivity index (χ0v) is 15.9. The van der Waals surface area contributed by atoms with Gasteiger partial charge in [0.05, 0.1) is 11.0 Å². The molecule has 0 saturated heterocycles. The summed E-state index contributed by atoms with van der Waals surface area (Å²) in [7, 11) is 0. The first-order valence-corrected chi connectivity index (χ1v) is 8.72. The molecule has 3 rings (SSSR count). The second-order valence-corrected chi connectivity index (χ2v) is 8.64. The molecule has 0 unspecified atom stereocenters. The molecule has 0 aliphatic carbocycles. The van der Waals surface area contributed by atoms with Gasteiger partial charge in [-0.25, -0.2) is 4.98 Å². The van der Waals surface area contributed by atoms with Crippen molar-refractivity contribution >= 4 is 16.9 Å². The monoisotopic (exact) mass is 334 g/mol. The van der Waals surface area contributed by atoms with Gasteiger partial charge in [0.25, 0.3) is 5.91 Å². The zero-order valence-electron chi connectivity index (χ0n) is 15.9. The number of carbonyl (C=O) groups is 1. The van der Waals surface area contributed by atoms with Crippen molar-refractivity contribution in [3.8, 4) is 0 Å². The summed E-state index contributed by atoms with van der Waals surface area (Å²) in [5.74, 6) is 0.762. The van der Waals surface area contributed by atoms with Crippen LogP contribution >= 0.6 is 0 Å². The van der Waals surface area contributed by atoms with Gasteiger partial charge < -0.3 is 0 Å². The minimum Gasteiger partial charge on any atom is -0.268 e. The van der Waals surface area contributed by atoms with Crippen LogP contribution in [0.4, 0.5) is 0 Å². The van der Waals surface area contributed by atoms with Gasteiger partial charge >= 0.3 is 0 Å². The van der Waals surface area contributed by atoms with Crippen LogP contribution in [0, 0.1) is 0 Å². The smallest absolute Gasteiger partial charge is 0.263 e. The summed E-state index contributed by atoms with van der Waals surface area (Å²) in [5, 5.41) is 0. The number of hydrogen-bond acceptors (Lipinski definition) is 2. The third-order valence-corrected chi connectivity index (χ3v) is 4.43. The van der Waals surface area contributed by atoms with Crippen molar-refractivity contribution in [2.24, 2.45) is 0 Å². The predicted molar refractivity (Wildman–Crippen MR) is 103 cm³/mol. The van der Waals surface area contributed by atoms with E-state index in [1.54, 1.807) is 4.57 Å². The molecule has 2 aromatic carbocycles. The largest absolute Gasteiger partial charge is 0.268 e. The molecule has 3 heteroatoms. The van der Waals surface area contributed by atoms with E-state index in [2.05, 4.69) is 41.5 Å². The third-order valence-electron chi connectivity index (χ3n) is 4.43. The van der Waals surface area contributed by atoms with E-state index in [9.17, 15) is 4.79 Å². The lowest BCUT2D eigenvalue weighted by atomic mass is 9.86. The zero-order chi connectivity index (χ0) is 18.4. The molecule has 130 valence electrons. The van der Waals surface area contributed by atoms with Crippen LogP contribution in [-0.4, -0.2) is 15.5 Å². The Labute approximate surface area is 149 Å². The number of nitrogens with zero attached hydrogens (tertiary/aromatic N) is 2. The number of benzene rings is 2. The van der Waals surface area contributed by atoms with E-state index < -0.39 is 0 Å². The van der Waals surface area contributed by atoms with E-state index in [-0.39, 0.29) is 16.7 Å². The first-order chi connectivity index (χ1) is 11.6. The molecule has 25 heavy (non-hydrogen) atoms. The molecule has 0 N–H and O–H groups in total. The number of carbonyl (C=O) groups excluding carboxylic acids is 1. The highest BCUT2D eigenvalue weighted by atomic mass is 16.2. The van der Waals surface area contributed by atoms with Gasteiger partial charge in [-0.3, -0.25) is 9.36 Å². The van der Waals surface area contributed by atoms with E-state index in [1.807, 2.05) is 48.5 Å². The summed E-state index contributed by atoms with van der Waals surface area (Å²) in [5.41, 5.74) is 3.46. The number of para-hydroxylation sites is 2. The quantitative estimate of drug-likeness (QED) is 0.603. The van der Waals surface area contributed by atoms with Crippen LogP contribution in [0.5, 0.6) is 0 Å². The Kier molecular flexibility index (Phi) is 4.06. The van der Waals surface area contributed by atoms with Gasteiger partial charge in [-0.2, -0.15) is 0 Å². The van der Waals surface area contributed by atoms with E-state index >= 15 is 0 Å². The van der Waals surface area contributed by atoms with Crippen LogP contribution < -0.4 is 0 Å². The van der Waals surface area contributed by atoms with Crippen LogP contribution in [0.3, 0.4) is 0 Å². The highest BCUT2D eigenvalue weighted by Gasteiger charge is 2.26. The minimum absolute atomic E-state index is 0.0286. The fourth-order valence-electron chi connectivity index (χ4n) is 2.98. The van der Waals surface area contributed by atoms with E-state index in [0.717, 1.165) is 16.9 Å². The van der Waals surface area contributed by atoms with Gasteiger partial charge in [-0.1, -0.05) is 65.8 Å². The topological polar surface area (TPSA) is 34.9 Å². The summed E-state index contributed by atoms with van der Waals surface area (Å²) in [6.07, 6.45) is 0. The Morgan fingerprint density at radius 1 is 0.840 bits per heavy atom. The molecule has 0 spiro atoms. The molecular formula is C22H26N2O. The Bertz CT molecular complexity index is 919. The first kappa shape index (κ1) is 17.4. The SMILES string of the molecule is CC(C)(C)c1ccc(C(=O)n2c(C(C)(C)C)nc3ccccc32)cc1. The van der Waals surface area contributed by atoms with Crippen LogP contribution in [0.15, 0.2) is 48.5 Å². The van der Waals surface area contributed by atoms with Gasteiger partial charge in [0.2, 0.25) is 0 Å². The summed E-state index contributed by atoms with van der Waals surface area (Å²) in [6.45, 7) is 12.8. The van der Waals surface area contributed by atoms with Gasteiger partial charge in [0.15, 0.2) is 0 Å². The average Bonchev–Trinajstić information content (AvgIpc) is 2.93. The molecule has 0 fully saturated rings. The molecule has 3 nitrogen and oxygen atoms in total. The van der Waals surface area contributed by atoms with Crippen molar-refractivity contribution in [1.82, 2.24) is 9.55 Å². The van der Waals surface area contributed by atoms with Crippen molar-refractivity contribution in [1.29, 1.82) is 0 Å². The molecule has 3 aromatic rings. The predicted octanol–water partition coefficient (Wildman–Crippen LogP) is 5.32. The number of aromatic nitrogens is 2. The van der Waals surface area contributed by atoms with Crippen LogP contribution in [0.1, 0.15) is 63.3 Å². The van der Waals surface area contributed by atoms with Gasteiger partial charge in [0.1, 0.15) is 5.82 Å². The standard InChI is InChI=1S/C22H26N2O/c1-21(2,3)16-13-11-15(12-14-16)19(25)24-18-10-8-7-9-17(18)23-20(24)22(4,5)6/h7-14H,1-6H3. The van der Waals surface area contributed by atoms with E-state index in [0.29, 0.717) is 5.56 Å². The molecule has 0 atom stereocenters. The molecule has 0 saturated carbocycles. The van der Waals surface area contributed by atoms with E-state index in [1.165, 1.54) is 5.56 Å². The van der Waals surface area contributed by atoms with E-state index in [4.69, 9.17) is 4.98 Å². The van der Waals surface area contributed by atoms with Gasteiger partial charge in [0, 0.05) is 11.0 Å². The normalized spacial score (nSPS) is 12.6. The summed E-state index contributed by atoms with van der Waals surface area (Å²) in [6, 6.07) is 15.7. The fraction of sp³-hybridized carbons (Fsp3) is 0.364. The molecule has 0 aliphatic rings. The lowest BCUT2D eigenvalue weighted by Gasteiger charge is -2.21. The summed E-state index contributed by atoms with van der Waals surface area (Å²) in [4.78, 5) is 18.0. The highest BCUT2D eigenvalue weighted by molar-refractivity contribution is 6.01. The molecule has 0 radical (unpaired) electrons. The Morgan fingerprint density at radius 2 is 1.44 bits per heavy atom. The average molecular weight is 334 g/mol. The number of fused-ring (bicyclic) bond motifs is 1. The van der Waals surface area contributed by atoms with Crippen molar-refractivity contribution in [2.75, 3.05) is 0 Å². The molecular weight excluding hydrogens is 308 g/mol. The highest BCUT2D eigenvalue weighted by Crippen LogP contribution is 2.28. The maximum atomic E-state index is 13.3. The summed E-state index contributed by atoms with van der Waals surface area (Å²) < 4.78 is 1.77.